The summed E-state index contributed by atoms with van der Waals surface area (Å²) in [4.78, 5) is 11.7. The van der Waals surface area contributed by atoms with E-state index in [1.807, 2.05) is 42.5 Å². The van der Waals surface area contributed by atoms with Gasteiger partial charge in [0.2, 0.25) is 0 Å². The van der Waals surface area contributed by atoms with E-state index in [4.69, 9.17) is 9.47 Å². The van der Waals surface area contributed by atoms with Crippen molar-refractivity contribution in [1.29, 1.82) is 0 Å². The molecule has 0 N–H and O–H groups in total. The fourth-order valence-electron chi connectivity index (χ4n) is 1.57. The zero-order valence-electron chi connectivity index (χ0n) is 10.1. The van der Waals surface area contributed by atoms with Crippen LogP contribution in [0.5, 0.6) is 5.75 Å². The van der Waals surface area contributed by atoms with Crippen LogP contribution in [0, 0.1) is 0 Å². The molecule has 0 heterocycles. The number of carbonyl (C=O) groups is 1. The zero-order valence-corrected chi connectivity index (χ0v) is 10.1. The van der Waals surface area contributed by atoms with Gasteiger partial charge < -0.3 is 9.47 Å². The van der Waals surface area contributed by atoms with Gasteiger partial charge in [-0.25, -0.2) is 4.79 Å². The van der Waals surface area contributed by atoms with Crippen LogP contribution in [0.2, 0.25) is 0 Å². The van der Waals surface area contributed by atoms with Crippen molar-refractivity contribution in [2.24, 2.45) is 0 Å². The third kappa shape index (κ3) is 3.10. The molecule has 18 heavy (non-hydrogen) atoms. The Balaban J connectivity index is 1.97. The highest BCUT2D eigenvalue weighted by molar-refractivity contribution is 5.89. The average molecular weight is 242 g/mol. The third-order valence-electron chi connectivity index (χ3n) is 2.51. The Morgan fingerprint density at radius 2 is 1.83 bits per heavy atom. The molecule has 0 radical (unpaired) electrons. The molecule has 0 aliphatic rings. The lowest BCUT2D eigenvalue weighted by atomic mass is 10.2. The molecule has 2 rings (SSSR count). The zero-order chi connectivity index (χ0) is 12.8. The lowest BCUT2D eigenvalue weighted by Gasteiger charge is -2.06. The van der Waals surface area contributed by atoms with Crippen molar-refractivity contribution in [1.82, 2.24) is 0 Å². The van der Waals surface area contributed by atoms with Crippen LogP contribution in [0.4, 0.5) is 0 Å². The van der Waals surface area contributed by atoms with Gasteiger partial charge in [0.15, 0.2) is 0 Å². The largest absolute Gasteiger partial charge is 0.497 e. The minimum absolute atomic E-state index is 0.241. The first-order chi connectivity index (χ1) is 8.79. The van der Waals surface area contributed by atoms with E-state index in [2.05, 4.69) is 0 Å². The van der Waals surface area contributed by atoms with E-state index in [1.54, 1.807) is 19.2 Å². The molecule has 0 atom stereocenters. The van der Waals surface area contributed by atoms with Gasteiger partial charge in [-0.3, -0.25) is 0 Å². The summed E-state index contributed by atoms with van der Waals surface area (Å²) in [5.74, 6) is 0.432. The Bertz CT molecular complexity index is 520. The monoisotopic (exact) mass is 242 g/mol. The fraction of sp³-hybridized carbons (Fsp3) is 0.133. The van der Waals surface area contributed by atoms with E-state index in [1.165, 1.54) is 0 Å². The molecule has 0 aliphatic heterocycles. The molecule has 0 fully saturated rings. The van der Waals surface area contributed by atoms with Crippen LogP contribution in [0.1, 0.15) is 15.9 Å². The highest BCUT2D eigenvalue weighted by Crippen LogP contribution is 2.14. The maximum Gasteiger partial charge on any atom is 0.338 e. The summed E-state index contributed by atoms with van der Waals surface area (Å²) in [5.41, 5.74) is 1.46. The first-order valence-corrected chi connectivity index (χ1v) is 5.64. The summed E-state index contributed by atoms with van der Waals surface area (Å²) in [7, 11) is 1.61. The van der Waals surface area contributed by atoms with Crippen LogP contribution >= 0.6 is 0 Å². The summed E-state index contributed by atoms with van der Waals surface area (Å²) >= 11 is 0. The van der Waals surface area contributed by atoms with E-state index in [9.17, 15) is 4.79 Å². The molecule has 0 saturated carbocycles. The van der Waals surface area contributed by atoms with Gasteiger partial charge in [0, 0.05) is 0 Å². The fourth-order valence-corrected chi connectivity index (χ4v) is 1.57. The SMILES string of the molecule is COc1cccc(COC(=O)c2ccccc2)c1. The predicted octanol–water partition coefficient (Wildman–Crippen LogP) is 3.05. The number of hydrogen-bond donors (Lipinski definition) is 0. The molecule has 0 bridgehead atoms. The molecule has 2 aromatic rings. The van der Waals surface area contributed by atoms with Crippen LogP contribution < -0.4 is 4.74 Å². The quantitative estimate of drug-likeness (QED) is 0.773. The number of benzene rings is 2. The predicted molar refractivity (Wildman–Crippen MR) is 68.6 cm³/mol. The van der Waals surface area contributed by atoms with Crippen molar-refractivity contribution in [2.75, 3.05) is 7.11 Å². The molecule has 0 spiro atoms. The van der Waals surface area contributed by atoms with Crippen molar-refractivity contribution >= 4 is 5.97 Å². The lowest BCUT2D eigenvalue weighted by molar-refractivity contribution is 0.0472. The van der Waals surface area contributed by atoms with Crippen LogP contribution in [0.25, 0.3) is 0 Å². The van der Waals surface area contributed by atoms with Crippen LogP contribution in [0.3, 0.4) is 0 Å². The average Bonchev–Trinajstić information content (AvgIpc) is 2.46. The highest BCUT2D eigenvalue weighted by Gasteiger charge is 2.06. The summed E-state index contributed by atoms with van der Waals surface area (Å²) in [6, 6.07) is 16.4. The molecular formula is C15H14O3. The van der Waals surface area contributed by atoms with Gasteiger partial charge in [-0.1, -0.05) is 30.3 Å². The Morgan fingerprint density at radius 1 is 1.06 bits per heavy atom. The van der Waals surface area contributed by atoms with E-state index >= 15 is 0 Å². The summed E-state index contributed by atoms with van der Waals surface area (Å²) in [6.45, 7) is 0.241. The Kier molecular flexibility index (Phi) is 3.97. The number of rotatable bonds is 4. The van der Waals surface area contributed by atoms with Crippen molar-refractivity contribution in [3.05, 3.63) is 65.7 Å². The van der Waals surface area contributed by atoms with Gasteiger partial charge in [-0.15, -0.1) is 0 Å². The summed E-state index contributed by atoms with van der Waals surface area (Å²) in [6.07, 6.45) is 0. The van der Waals surface area contributed by atoms with E-state index in [-0.39, 0.29) is 12.6 Å². The first kappa shape index (κ1) is 12.2. The molecule has 0 saturated heterocycles. The summed E-state index contributed by atoms with van der Waals surface area (Å²) in [5, 5.41) is 0. The van der Waals surface area contributed by atoms with Gasteiger partial charge in [-0.2, -0.15) is 0 Å². The second kappa shape index (κ2) is 5.87. The van der Waals surface area contributed by atoms with E-state index in [0.29, 0.717) is 5.56 Å². The first-order valence-electron chi connectivity index (χ1n) is 5.64. The van der Waals surface area contributed by atoms with Crippen LogP contribution in [-0.4, -0.2) is 13.1 Å². The van der Waals surface area contributed by atoms with Crippen LogP contribution in [0.15, 0.2) is 54.6 Å². The lowest BCUT2D eigenvalue weighted by Crippen LogP contribution is -2.04. The van der Waals surface area contributed by atoms with E-state index < -0.39 is 0 Å². The molecule has 0 aromatic heterocycles. The van der Waals surface area contributed by atoms with Gasteiger partial charge in [0.1, 0.15) is 12.4 Å². The highest BCUT2D eigenvalue weighted by atomic mass is 16.5. The molecule has 3 heteroatoms. The maximum absolute atomic E-state index is 11.7. The number of methoxy groups -OCH3 is 1. The number of ether oxygens (including phenoxy) is 2. The number of carbonyl (C=O) groups excluding carboxylic acids is 1. The van der Waals surface area contributed by atoms with Gasteiger partial charge >= 0.3 is 5.97 Å². The molecular weight excluding hydrogens is 228 g/mol. The second-order valence-corrected chi connectivity index (χ2v) is 3.79. The maximum atomic E-state index is 11.7. The van der Waals surface area contributed by atoms with Gasteiger partial charge in [-0.05, 0) is 29.8 Å². The van der Waals surface area contributed by atoms with Crippen molar-refractivity contribution < 1.29 is 14.3 Å². The topological polar surface area (TPSA) is 35.5 Å². The minimum atomic E-state index is -0.321. The van der Waals surface area contributed by atoms with Gasteiger partial charge in [0.25, 0.3) is 0 Å². The third-order valence-corrected chi connectivity index (χ3v) is 2.51. The molecule has 92 valence electrons. The Labute approximate surface area is 106 Å². The van der Waals surface area contributed by atoms with E-state index in [0.717, 1.165) is 11.3 Å². The minimum Gasteiger partial charge on any atom is -0.497 e. The molecule has 3 nitrogen and oxygen atoms in total. The van der Waals surface area contributed by atoms with Crippen molar-refractivity contribution in [3.8, 4) is 5.75 Å². The second-order valence-electron chi connectivity index (χ2n) is 3.79. The van der Waals surface area contributed by atoms with Gasteiger partial charge in [0.05, 0.1) is 12.7 Å². The normalized spacial score (nSPS) is 9.83. The Morgan fingerprint density at radius 3 is 2.56 bits per heavy atom. The molecule has 2 aromatic carbocycles. The Hall–Kier alpha value is -2.29. The standard InChI is InChI=1S/C15H14O3/c1-17-14-9-5-6-12(10-14)11-18-15(16)13-7-3-2-4-8-13/h2-10H,11H2,1H3. The van der Waals surface area contributed by atoms with Crippen molar-refractivity contribution in [3.63, 3.8) is 0 Å². The number of hydrogen-bond acceptors (Lipinski definition) is 3. The number of esters is 1. The molecule has 0 amide bonds. The van der Waals surface area contributed by atoms with Crippen molar-refractivity contribution in [2.45, 2.75) is 6.61 Å². The summed E-state index contributed by atoms with van der Waals surface area (Å²) < 4.78 is 10.3. The molecule has 0 unspecified atom stereocenters. The smallest absolute Gasteiger partial charge is 0.338 e. The molecule has 0 aliphatic carbocycles. The van der Waals surface area contributed by atoms with Crippen LogP contribution in [-0.2, 0) is 11.3 Å².